The van der Waals surface area contributed by atoms with E-state index in [1.54, 1.807) is 12.1 Å². The van der Waals surface area contributed by atoms with Crippen LogP contribution in [-0.4, -0.2) is 11.7 Å². The maximum atomic E-state index is 8.82. The first-order valence-electron chi connectivity index (χ1n) is 6.24. The lowest BCUT2D eigenvalue weighted by atomic mass is 10.1. The highest BCUT2D eigenvalue weighted by Crippen LogP contribution is 2.14. The lowest BCUT2D eigenvalue weighted by Crippen LogP contribution is -1.99. The highest BCUT2D eigenvalue weighted by atomic mass is 16.3. The molecule has 19 heavy (non-hydrogen) atoms. The standard InChI is InChI=1S/C15H16N2O2/c16-10-14-6-7-15(19-14)11-17-13-5-1-3-12(9-13)4-2-8-18/h1,3,5-7,9,17-18H,2,4,8,11H2. The van der Waals surface area contributed by atoms with Gasteiger partial charge in [0.2, 0.25) is 5.76 Å². The summed E-state index contributed by atoms with van der Waals surface area (Å²) in [6.45, 7) is 0.756. The third-order valence-corrected chi connectivity index (χ3v) is 2.79. The predicted octanol–water partition coefficient (Wildman–Crippen LogP) is 2.69. The molecule has 4 nitrogen and oxygen atoms in total. The van der Waals surface area contributed by atoms with Gasteiger partial charge in [0, 0.05) is 12.3 Å². The predicted molar refractivity (Wildman–Crippen MR) is 72.6 cm³/mol. The fourth-order valence-corrected chi connectivity index (χ4v) is 1.84. The van der Waals surface area contributed by atoms with E-state index in [9.17, 15) is 0 Å². The number of nitrogens with zero attached hydrogens (tertiary/aromatic N) is 1. The molecule has 0 aliphatic rings. The summed E-state index contributed by atoms with van der Waals surface area (Å²) in [5, 5.41) is 20.7. The lowest BCUT2D eigenvalue weighted by Gasteiger charge is -2.06. The Morgan fingerprint density at radius 1 is 1.26 bits per heavy atom. The van der Waals surface area contributed by atoms with Gasteiger partial charge in [-0.15, -0.1) is 0 Å². The SMILES string of the molecule is N#Cc1ccc(CNc2cccc(CCCO)c2)o1. The van der Waals surface area contributed by atoms with Gasteiger partial charge in [0.15, 0.2) is 0 Å². The molecule has 0 radical (unpaired) electrons. The summed E-state index contributed by atoms with van der Waals surface area (Å²) in [6, 6.07) is 13.5. The molecule has 2 aromatic rings. The molecule has 1 heterocycles. The second-order valence-electron chi connectivity index (χ2n) is 4.26. The van der Waals surface area contributed by atoms with Crippen molar-refractivity contribution in [1.82, 2.24) is 0 Å². The molecule has 0 spiro atoms. The zero-order valence-electron chi connectivity index (χ0n) is 10.6. The van der Waals surface area contributed by atoms with Gasteiger partial charge in [0.1, 0.15) is 11.8 Å². The van der Waals surface area contributed by atoms with Crippen LogP contribution in [0.4, 0.5) is 5.69 Å². The van der Waals surface area contributed by atoms with Gasteiger partial charge in [-0.05, 0) is 42.7 Å². The van der Waals surface area contributed by atoms with Crippen molar-refractivity contribution in [3.05, 3.63) is 53.5 Å². The van der Waals surface area contributed by atoms with E-state index in [4.69, 9.17) is 14.8 Å². The minimum atomic E-state index is 0.209. The highest BCUT2D eigenvalue weighted by molar-refractivity contribution is 5.46. The summed E-state index contributed by atoms with van der Waals surface area (Å²) in [5.74, 6) is 1.06. The fourth-order valence-electron chi connectivity index (χ4n) is 1.84. The molecule has 4 heteroatoms. The first kappa shape index (κ1) is 13.2. The van der Waals surface area contributed by atoms with Gasteiger partial charge in [-0.2, -0.15) is 5.26 Å². The first-order valence-corrected chi connectivity index (χ1v) is 6.24. The van der Waals surface area contributed by atoms with Gasteiger partial charge < -0.3 is 14.8 Å². The van der Waals surface area contributed by atoms with Crippen molar-refractivity contribution in [2.45, 2.75) is 19.4 Å². The maximum absolute atomic E-state index is 8.82. The normalized spacial score (nSPS) is 10.1. The Labute approximate surface area is 112 Å². The van der Waals surface area contributed by atoms with E-state index in [-0.39, 0.29) is 6.61 Å². The smallest absolute Gasteiger partial charge is 0.203 e. The lowest BCUT2D eigenvalue weighted by molar-refractivity contribution is 0.288. The number of nitriles is 1. The zero-order chi connectivity index (χ0) is 13.5. The number of aliphatic hydroxyl groups excluding tert-OH is 1. The number of hydrogen-bond donors (Lipinski definition) is 2. The van der Waals surface area contributed by atoms with Crippen LogP contribution in [0.2, 0.25) is 0 Å². The summed E-state index contributed by atoms with van der Waals surface area (Å²) in [6.07, 6.45) is 1.64. The number of hydrogen-bond acceptors (Lipinski definition) is 4. The van der Waals surface area contributed by atoms with Crippen molar-refractivity contribution in [2.24, 2.45) is 0 Å². The van der Waals surface area contributed by atoms with Crippen LogP contribution in [0.1, 0.15) is 23.5 Å². The van der Waals surface area contributed by atoms with E-state index in [2.05, 4.69) is 11.4 Å². The zero-order valence-corrected chi connectivity index (χ0v) is 10.6. The van der Waals surface area contributed by atoms with Crippen molar-refractivity contribution in [2.75, 3.05) is 11.9 Å². The largest absolute Gasteiger partial charge is 0.449 e. The Kier molecular flexibility index (Phi) is 4.60. The van der Waals surface area contributed by atoms with Gasteiger partial charge in [-0.3, -0.25) is 0 Å². The van der Waals surface area contributed by atoms with Crippen LogP contribution in [0.15, 0.2) is 40.8 Å². The minimum absolute atomic E-state index is 0.209. The quantitative estimate of drug-likeness (QED) is 0.833. The van der Waals surface area contributed by atoms with E-state index in [0.717, 1.165) is 24.3 Å². The molecule has 0 fully saturated rings. The van der Waals surface area contributed by atoms with Crippen molar-refractivity contribution < 1.29 is 9.52 Å². The average molecular weight is 256 g/mol. The van der Waals surface area contributed by atoms with Crippen LogP contribution in [-0.2, 0) is 13.0 Å². The van der Waals surface area contributed by atoms with Gasteiger partial charge in [0.25, 0.3) is 0 Å². The number of aryl methyl sites for hydroxylation is 1. The van der Waals surface area contributed by atoms with Crippen LogP contribution in [0.25, 0.3) is 0 Å². The van der Waals surface area contributed by atoms with Crippen LogP contribution < -0.4 is 5.32 Å². The molecule has 1 aromatic heterocycles. The second-order valence-corrected chi connectivity index (χ2v) is 4.26. The molecule has 0 unspecified atom stereocenters. The fraction of sp³-hybridized carbons (Fsp3) is 0.267. The number of nitrogens with one attached hydrogen (secondary N) is 1. The first-order chi connectivity index (χ1) is 9.31. The van der Waals surface area contributed by atoms with Crippen molar-refractivity contribution in [3.8, 4) is 6.07 Å². The number of benzene rings is 1. The summed E-state index contributed by atoms with van der Waals surface area (Å²) in [7, 11) is 0. The van der Waals surface area contributed by atoms with Crippen molar-refractivity contribution in [1.29, 1.82) is 5.26 Å². The molecule has 2 rings (SSSR count). The average Bonchev–Trinajstić information content (AvgIpc) is 2.91. The number of rotatable bonds is 6. The Hall–Kier alpha value is -2.25. The van der Waals surface area contributed by atoms with E-state index < -0.39 is 0 Å². The third kappa shape index (κ3) is 3.87. The molecule has 98 valence electrons. The van der Waals surface area contributed by atoms with E-state index in [0.29, 0.717) is 12.3 Å². The highest BCUT2D eigenvalue weighted by Gasteiger charge is 2.01. The van der Waals surface area contributed by atoms with Gasteiger partial charge in [-0.1, -0.05) is 12.1 Å². The molecule has 0 bridgehead atoms. The Balaban J connectivity index is 1.93. The molecular weight excluding hydrogens is 240 g/mol. The summed E-state index contributed by atoms with van der Waals surface area (Å²) in [5.41, 5.74) is 2.20. The third-order valence-electron chi connectivity index (χ3n) is 2.79. The molecule has 0 atom stereocenters. The van der Waals surface area contributed by atoms with Crippen molar-refractivity contribution in [3.63, 3.8) is 0 Å². The van der Waals surface area contributed by atoms with E-state index in [1.165, 1.54) is 5.56 Å². The number of anilines is 1. The van der Waals surface area contributed by atoms with Gasteiger partial charge in [0.05, 0.1) is 6.54 Å². The van der Waals surface area contributed by atoms with E-state index >= 15 is 0 Å². The van der Waals surface area contributed by atoms with Crippen LogP contribution in [0, 0.1) is 11.3 Å². The van der Waals surface area contributed by atoms with Crippen LogP contribution in [0.5, 0.6) is 0 Å². The topological polar surface area (TPSA) is 69.2 Å². The molecule has 1 aromatic carbocycles. The van der Waals surface area contributed by atoms with Gasteiger partial charge in [-0.25, -0.2) is 0 Å². The molecule has 0 aliphatic heterocycles. The maximum Gasteiger partial charge on any atom is 0.203 e. The minimum Gasteiger partial charge on any atom is -0.449 e. The molecule has 0 saturated heterocycles. The Morgan fingerprint density at radius 3 is 2.89 bits per heavy atom. The van der Waals surface area contributed by atoms with E-state index in [1.807, 2.05) is 24.3 Å². The summed E-state index contributed by atoms with van der Waals surface area (Å²) >= 11 is 0. The molecular formula is C15H16N2O2. The monoisotopic (exact) mass is 256 g/mol. The number of aliphatic hydroxyl groups is 1. The second kappa shape index (κ2) is 6.62. The Morgan fingerprint density at radius 2 is 2.16 bits per heavy atom. The molecule has 2 N–H and O–H groups in total. The Bertz CT molecular complexity index is 570. The summed E-state index contributed by atoms with van der Waals surface area (Å²) < 4.78 is 5.29. The molecule has 0 aliphatic carbocycles. The molecule has 0 amide bonds. The number of furan rings is 1. The van der Waals surface area contributed by atoms with Crippen molar-refractivity contribution >= 4 is 5.69 Å². The van der Waals surface area contributed by atoms with Gasteiger partial charge >= 0.3 is 0 Å². The van der Waals surface area contributed by atoms with Crippen LogP contribution in [0.3, 0.4) is 0 Å². The molecule has 0 saturated carbocycles. The van der Waals surface area contributed by atoms with Crippen LogP contribution >= 0.6 is 0 Å². The summed E-state index contributed by atoms with van der Waals surface area (Å²) in [4.78, 5) is 0.